The van der Waals surface area contributed by atoms with Crippen LogP contribution in [0.3, 0.4) is 0 Å². The molecule has 0 aliphatic heterocycles. The summed E-state index contributed by atoms with van der Waals surface area (Å²) in [5.41, 5.74) is 7.11. The quantitative estimate of drug-likeness (QED) is 0.181. The fourth-order valence-corrected chi connectivity index (χ4v) is 4.22. The summed E-state index contributed by atoms with van der Waals surface area (Å²) in [7, 11) is 0. The zero-order chi connectivity index (χ0) is 25.7. The van der Waals surface area contributed by atoms with E-state index >= 15 is 0 Å². The molecular formula is C33H28IrN4-2. The Balaban J connectivity index is 0.000000218. The van der Waals surface area contributed by atoms with Crippen molar-refractivity contribution < 1.29 is 20.1 Å². The summed E-state index contributed by atoms with van der Waals surface area (Å²) < 4.78 is 2.20. The molecule has 0 N–H and O–H groups in total. The molecule has 0 amide bonds. The number of hydrogen-bond donors (Lipinski definition) is 0. The molecule has 191 valence electrons. The van der Waals surface area contributed by atoms with Gasteiger partial charge in [0.2, 0.25) is 0 Å². The Bertz CT molecular complexity index is 1540. The molecule has 4 nitrogen and oxygen atoms in total. The molecule has 5 heteroatoms. The van der Waals surface area contributed by atoms with Crippen molar-refractivity contribution in [2.24, 2.45) is 0 Å². The maximum Gasteiger partial charge on any atom is 0.168 e. The van der Waals surface area contributed by atoms with Gasteiger partial charge in [0.25, 0.3) is 0 Å². The minimum Gasteiger partial charge on any atom is -0.332 e. The Hall–Kier alpha value is -3.92. The molecule has 1 radical (unpaired) electrons. The van der Waals surface area contributed by atoms with Crippen molar-refractivity contribution in [3.05, 3.63) is 133 Å². The van der Waals surface area contributed by atoms with Gasteiger partial charge >= 0.3 is 0 Å². The molecule has 0 spiro atoms. The van der Waals surface area contributed by atoms with Gasteiger partial charge in [-0.1, -0.05) is 51.1 Å². The average Bonchev–Trinajstić information content (AvgIpc) is 3.35. The zero-order valence-electron chi connectivity index (χ0n) is 21.6. The Kier molecular flexibility index (Phi) is 8.62. The van der Waals surface area contributed by atoms with E-state index in [1.807, 2.05) is 91.1 Å². The standard InChI is InChI=1S/C22H20N3.C11H8N.Ir/c1-22(2,3)18-14-15-23-20-19(18)25(17-12-8-5-9-13-17)21(24-20)16-10-6-4-7-11-16;1-2-6-10(7-3-1)11-8-4-5-9-12-11;/h4-10,12-15H,1-3H3;1-6,8-9H;/q2*-1;. The Labute approximate surface area is 237 Å². The molecule has 3 aromatic carbocycles. The summed E-state index contributed by atoms with van der Waals surface area (Å²) >= 11 is 0. The van der Waals surface area contributed by atoms with Gasteiger partial charge in [-0.2, -0.15) is 0 Å². The first-order chi connectivity index (χ1) is 18.0. The minimum absolute atomic E-state index is 0. The van der Waals surface area contributed by atoms with E-state index in [1.165, 1.54) is 5.56 Å². The molecule has 3 heterocycles. The van der Waals surface area contributed by atoms with E-state index in [1.54, 1.807) is 6.20 Å². The van der Waals surface area contributed by atoms with Gasteiger partial charge in [-0.25, -0.2) is 4.98 Å². The Morgan fingerprint density at radius 2 is 1.32 bits per heavy atom. The van der Waals surface area contributed by atoms with Gasteiger partial charge < -0.3 is 9.55 Å². The summed E-state index contributed by atoms with van der Waals surface area (Å²) in [5, 5.41) is 0. The maximum atomic E-state index is 4.85. The minimum atomic E-state index is -0.00851. The first kappa shape index (κ1) is 27.1. The van der Waals surface area contributed by atoms with Crippen LogP contribution >= 0.6 is 0 Å². The van der Waals surface area contributed by atoms with E-state index in [-0.39, 0.29) is 25.5 Å². The average molecular weight is 673 g/mol. The number of nitrogens with zero attached hydrogens (tertiary/aromatic N) is 4. The number of benzene rings is 3. The van der Waals surface area contributed by atoms with E-state index < -0.39 is 0 Å². The molecule has 0 aliphatic rings. The zero-order valence-corrected chi connectivity index (χ0v) is 24.0. The summed E-state index contributed by atoms with van der Waals surface area (Å²) in [5.74, 6) is 0.867. The van der Waals surface area contributed by atoms with Crippen LogP contribution in [0, 0.1) is 12.1 Å². The number of pyridine rings is 2. The van der Waals surface area contributed by atoms with E-state index in [0.717, 1.165) is 39.5 Å². The van der Waals surface area contributed by atoms with Crippen LogP contribution < -0.4 is 0 Å². The molecule has 0 atom stereocenters. The van der Waals surface area contributed by atoms with Gasteiger partial charge in [0.1, 0.15) is 0 Å². The van der Waals surface area contributed by atoms with E-state index in [0.29, 0.717) is 0 Å². The number of hydrogen-bond acceptors (Lipinski definition) is 3. The number of fused-ring (bicyclic) bond motifs is 1. The predicted molar refractivity (Wildman–Crippen MR) is 150 cm³/mol. The largest absolute Gasteiger partial charge is 0.332 e. The van der Waals surface area contributed by atoms with Crippen LogP contribution in [0.1, 0.15) is 26.3 Å². The molecule has 3 aromatic heterocycles. The van der Waals surface area contributed by atoms with Crippen molar-refractivity contribution in [2.75, 3.05) is 0 Å². The second kappa shape index (κ2) is 12.1. The van der Waals surface area contributed by atoms with E-state index in [2.05, 4.69) is 65.6 Å². The molecule has 0 saturated carbocycles. The number of imidazole rings is 1. The molecule has 0 fully saturated rings. The van der Waals surface area contributed by atoms with Crippen LogP contribution in [0.4, 0.5) is 0 Å². The summed E-state index contributed by atoms with van der Waals surface area (Å²) in [6, 6.07) is 40.5. The van der Waals surface area contributed by atoms with Crippen molar-refractivity contribution in [3.8, 4) is 28.3 Å². The fourth-order valence-electron chi connectivity index (χ4n) is 4.22. The molecule has 0 unspecified atom stereocenters. The summed E-state index contributed by atoms with van der Waals surface area (Å²) in [6.45, 7) is 6.66. The molecular weight excluding hydrogens is 645 g/mol. The molecule has 0 bridgehead atoms. The molecule has 6 aromatic rings. The second-order valence-corrected chi connectivity index (χ2v) is 9.65. The molecule has 0 aliphatic carbocycles. The molecule has 6 rings (SSSR count). The van der Waals surface area contributed by atoms with Gasteiger partial charge in [-0.15, -0.1) is 71.8 Å². The molecule has 38 heavy (non-hydrogen) atoms. The number of aromatic nitrogens is 4. The van der Waals surface area contributed by atoms with Crippen LogP contribution in [0.2, 0.25) is 0 Å². The van der Waals surface area contributed by atoms with Gasteiger partial charge in [0.05, 0.1) is 11.3 Å². The third-order valence-electron chi connectivity index (χ3n) is 5.97. The maximum absolute atomic E-state index is 4.85. The first-order valence-electron chi connectivity index (χ1n) is 12.3. The topological polar surface area (TPSA) is 43.6 Å². The van der Waals surface area contributed by atoms with Crippen LogP contribution in [0.15, 0.2) is 116 Å². The van der Waals surface area contributed by atoms with Crippen molar-refractivity contribution in [1.82, 2.24) is 19.5 Å². The monoisotopic (exact) mass is 673 g/mol. The summed E-state index contributed by atoms with van der Waals surface area (Å²) in [6.07, 6.45) is 3.64. The summed E-state index contributed by atoms with van der Waals surface area (Å²) in [4.78, 5) is 13.6. The smallest absolute Gasteiger partial charge is 0.168 e. The second-order valence-electron chi connectivity index (χ2n) is 9.65. The number of para-hydroxylation sites is 1. The van der Waals surface area contributed by atoms with Gasteiger partial charge in [0.15, 0.2) is 5.65 Å². The van der Waals surface area contributed by atoms with Crippen molar-refractivity contribution in [3.63, 3.8) is 0 Å². The Morgan fingerprint density at radius 3 is 1.92 bits per heavy atom. The van der Waals surface area contributed by atoms with Crippen molar-refractivity contribution >= 4 is 11.2 Å². The van der Waals surface area contributed by atoms with Crippen LogP contribution in [-0.4, -0.2) is 19.5 Å². The van der Waals surface area contributed by atoms with E-state index in [9.17, 15) is 0 Å². The van der Waals surface area contributed by atoms with Gasteiger partial charge in [0, 0.05) is 38.2 Å². The van der Waals surface area contributed by atoms with Crippen molar-refractivity contribution in [2.45, 2.75) is 26.2 Å². The van der Waals surface area contributed by atoms with E-state index in [4.69, 9.17) is 4.98 Å². The SMILES string of the molecule is CC(C)(C)c1ccnc2nc(-c3[c-]cccc3)n(-c3ccccc3)c12.[Ir].[c-]1ccccc1-c1ccccn1. The fraction of sp³-hybridized carbons (Fsp3) is 0.121. The molecule has 0 saturated heterocycles. The van der Waals surface area contributed by atoms with Crippen LogP contribution in [0.5, 0.6) is 0 Å². The third-order valence-corrected chi connectivity index (χ3v) is 5.97. The van der Waals surface area contributed by atoms with Gasteiger partial charge in [-0.3, -0.25) is 4.98 Å². The van der Waals surface area contributed by atoms with Crippen LogP contribution in [-0.2, 0) is 25.5 Å². The predicted octanol–water partition coefficient (Wildman–Crippen LogP) is 7.73. The Morgan fingerprint density at radius 1 is 0.658 bits per heavy atom. The number of rotatable bonds is 3. The first-order valence-corrected chi connectivity index (χ1v) is 12.3. The van der Waals surface area contributed by atoms with Crippen LogP contribution in [0.25, 0.3) is 39.5 Å². The third kappa shape index (κ3) is 5.96. The van der Waals surface area contributed by atoms with Gasteiger partial charge in [-0.05, 0) is 40.9 Å². The normalized spacial score (nSPS) is 10.8. The van der Waals surface area contributed by atoms with Crippen molar-refractivity contribution in [1.29, 1.82) is 0 Å².